The predicted octanol–water partition coefficient (Wildman–Crippen LogP) is 3.60. The van der Waals surface area contributed by atoms with Crippen LogP contribution in [0.3, 0.4) is 0 Å². The molecule has 5 nitrogen and oxygen atoms in total. The maximum absolute atomic E-state index is 12.7. The lowest BCUT2D eigenvalue weighted by atomic mass is 10.1. The molecule has 0 unspecified atom stereocenters. The normalized spacial score (nSPS) is 17.3. The Bertz CT molecular complexity index is 887. The average molecular weight is 358 g/mol. The van der Waals surface area contributed by atoms with Gasteiger partial charge in [0.25, 0.3) is 10.0 Å². The van der Waals surface area contributed by atoms with Gasteiger partial charge in [-0.05, 0) is 37.1 Å². The summed E-state index contributed by atoms with van der Waals surface area (Å²) in [5.41, 5.74) is 2.13. The van der Waals surface area contributed by atoms with Gasteiger partial charge in [-0.25, -0.2) is 13.4 Å². The van der Waals surface area contributed by atoms with Gasteiger partial charge in [0, 0.05) is 0 Å². The minimum absolute atomic E-state index is 0.0942. The van der Waals surface area contributed by atoms with Gasteiger partial charge in [0.15, 0.2) is 0 Å². The minimum Gasteiger partial charge on any atom is -0.475 e. The van der Waals surface area contributed by atoms with Crippen molar-refractivity contribution in [2.45, 2.75) is 31.7 Å². The van der Waals surface area contributed by atoms with Crippen LogP contribution in [0.2, 0.25) is 0 Å². The molecule has 6 heteroatoms. The molecule has 3 rings (SSSR count). The van der Waals surface area contributed by atoms with Crippen molar-refractivity contribution in [1.29, 1.82) is 0 Å². The number of aliphatic imine (C=N–C) groups is 1. The van der Waals surface area contributed by atoms with Crippen molar-refractivity contribution in [3.05, 3.63) is 59.7 Å². The zero-order valence-electron chi connectivity index (χ0n) is 14.6. The van der Waals surface area contributed by atoms with E-state index in [9.17, 15) is 8.42 Å². The number of nitrogens with one attached hydrogen (secondary N) is 1. The third-order valence-corrected chi connectivity index (χ3v) is 5.56. The van der Waals surface area contributed by atoms with Gasteiger partial charge < -0.3 is 4.74 Å². The second-order valence-electron chi connectivity index (χ2n) is 6.52. The molecule has 0 amide bonds. The van der Waals surface area contributed by atoms with Gasteiger partial charge in [0.1, 0.15) is 6.61 Å². The molecule has 0 aromatic heterocycles. The zero-order valence-corrected chi connectivity index (χ0v) is 15.4. The number of aryl methyl sites for hydroxylation is 1. The molecule has 0 spiro atoms. The largest absolute Gasteiger partial charge is 0.475 e. The van der Waals surface area contributed by atoms with Crippen LogP contribution < -0.4 is 4.72 Å². The summed E-state index contributed by atoms with van der Waals surface area (Å²) in [6.45, 7) is 6.62. The third-order valence-electron chi connectivity index (χ3n) is 4.18. The predicted molar refractivity (Wildman–Crippen MR) is 99.5 cm³/mol. The molecule has 1 atom stereocenters. The lowest BCUT2D eigenvalue weighted by molar-refractivity contribution is 0.292. The van der Waals surface area contributed by atoms with E-state index < -0.39 is 10.0 Å². The van der Waals surface area contributed by atoms with E-state index in [2.05, 4.69) is 23.6 Å². The van der Waals surface area contributed by atoms with Gasteiger partial charge in [-0.1, -0.05) is 43.7 Å². The number of benzene rings is 2. The van der Waals surface area contributed by atoms with Crippen LogP contribution >= 0.6 is 0 Å². The molecule has 0 saturated heterocycles. The Morgan fingerprint density at radius 2 is 1.80 bits per heavy atom. The van der Waals surface area contributed by atoms with E-state index >= 15 is 0 Å². The second kappa shape index (κ2) is 6.88. The fourth-order valence-electron chi connectivity index (χ4n) is 2.56. The highest BCUT2D eigenvalue weighted by Gasteiger charge is 2.25. The van der Waals surface area contributed by atoms with Crippen molar-refractivity contribution in [2.75, 3.05) is 11.3 Å². The van der Waals surface area contributed by atoms with Crippen LogP contribution in [0.5, 0.6) is 0 Å². The number of rotatable bonds is 5. The van der Waals surface area contributed by atoms with Crippen LogP contribution in [-0.4, -0.2) is 27.0 Å². The Kier molecular flexibility index (Phi) is 4.81. The first kappa shape index (κ1) is 17.5. The first-order chi connectivity index (χ1) is 11.9. The molecular formula is C19H22N2O3S. The Hall–Kier alpha value is -2.34. The third kappa shape index (κ3) is 3.85. The van der Waals surface area contributed by atoms with Crippen molar-refractivity contribution >= 4 is 21.6 Å². The summed E-state index contributed by atoms with van der Waals surface area (Å²) in [5, 5.41) is 0. The molecule has 0 aliphatic carbocycles. The standard InChI is InChI=1S/C19H22N2O3S/c1-13(2)18-12-24-19(20-18)16-6-4-5-7-17(16)21-25(22,23)15-10-8-14(3)9-11-15/h4-11,13,18,21H,12H2,1-3H3/t18-/m0/s1. The fraction of sp³-hybridized carbons (Fsp3) is 0.316. The van der Waals surface area contributed by atoms with Crippen molar-refractivity contribution in [3.63, 3.8) is 0 Å². The van der Waals surface area contributed by atoms with E-state index in [1.54, 1.807) is 36.4 Å². The molecular weight excluding hydrogens is 336 g/mol. The van der Waals surface area contributed by atoms with Crippen molar-refractivity contribution in [2.24, 2.45) is 10.9 Å². The molecule has 1 aliphatic rings. The lowest BCUT2D eigenvalue weighted by Crippen LogP contribution is -2.16. The molecule has 1 aliphatic heterocycles. The molecule has 0 fully saturated rings. The molecule has 25 heavy (non-hydrogen) atoms. The summed E-state index contributed by atoms with van der Waals surface area (Å²) in [5.74, 6) is 0.856. The van der Waals surface area contributed by atoms with E-state index in [0.29, 0.717) is 29.7 Å². The first-order valence-electron chi connectivity index (χ1n) is 8.26. The van der Waals surface area contributed by atoms with Crippen LogP contribution in [0, 0.1) is 12.8 Å². The summed E-state index contributed by atoms with van der Waals surface area (Å²) in [4.78, 5) is 4.82. The average Bonchev–Trinajstić information content (AvgIpc) is 3.05. The molecule has 1 N–H and O–H groups in total. The van der Waals surface area contributed by atoms with Crippen LogP contribution in [0.15, 0.2) is 58.4 Å². The fourth-order valence-corrected chi connectivity index (χ4v) is 3.64. The molecule has 0 bridgehead atoms. The number of hydrogen-bond acceptors (Lipinski definition) is 4. The van der Waals surface area contributed by atoms with Gasteiger partial charge in [-0.15, -0.1) is 0 Å². The number of anilines is 1. The Balaban J connectivity index is 1.92. The molecule has 2 aromatic carbocycles. The van der Waals surface area contributed by atoms with E-state index in [0.717, 1.165) is 5.56 Å². The Morgan fingerprint density at radius 3 is 2.44 bits per heavy atom. The van der Waals surface area contributed by atoms with E-state index in [4.69, 9.17) is 4.74 Å². The van der Waals surface area contributed by atoms with E-state index in [1.165, 1.54) is 0 Å². The molecule has 1 heterocycles. The summed E-state index contributed by atoms with van der Waals surface area (Å²) < 4.78 is 33.7. The highest BCUT2D eigenvalue weighted by Crippen LogP contribution is 2.25. The van der Waals surface area contributed by atoms with E-state index in [1.807, 2.05) is 19.1 Å². The number of ether oxygens (including phenoxy) is 1. The molecule has 132 valence electrons. The summed E-state index contributed by atoms with van der Waals surface area (Å²) in [6.07, 6.45) is 0. The van der Waals surface area contributed by atoms with Gasteiger partial charge in [0.2, 0.25) is 5.90 Å². The van der Waals surface area contributed by atoms with Crippen LogP contribution in [0.4, 0.5) is 5.69 Å². The first-order valence-corrected chi connectivity index (χ1v) is 9.74. The summed E-state index contributed by atoms with van der Waals surface area (Å²) in [7, 11) is -3.67. The number of para-hydroxylation sites is 1. The molecule has 2 aromatic rings. The highest BCUT2D eigenvalue weighted by atomic mass is 32.2. The van der Waals surface area contributed by atoms with Gasteiger partial charge in [0.05, 0.1) is 22.2 Å². The molecule has 0 saturated carbocycles. The quantitative estimate of drug-likeness (QED) is 0.888. The topological polar surface area (TPSA) is 67.8 Å². The van der Waals surface area contributed by atoms with Crippen molar-refractivity contribution < 1.29 is 13.2 Å². The van der Waals surface area contributed by atoms with Gasteiger partial charge in [-0.2, -0.15) is 0 Å². The lowest BCUT2D eigenvalue weighted by Gasteiger charge is -2.12. The van der Waals surface area contributed by atoms with Crippen LogP contribution in [0.25, 0.3) is 0 Å². The maximum Gasteiger partial charge on any atom is 0.261 e. The summed E-state index contributed by atoms with van der Waals surface area (Å²) >= 11 is 0. The van der Waals surface area contributed by atoms with Crippen molar-refractivity contribution in [3.8, 4) is 0 Å². The molecule has 0 radical (unpaired) electrons. The van der Waals surface area contributed by atoms with Crippen molar-refractivity contribution in [1.82, 2.24) is 0 Å². The SMILES string of the molecule is Cc1ccc(S(=O)(=O)Nc2ccccc2C2=N[C@H](C(C)C)CO2)cc1. The Labute approximate surface area is 148 Å². The van der Waals surface area contributed by atoms with E-state index in [-0.39, 0.29) is 10.9 Å². The summed E-state index contributed by atoms with van der Waals surface area (Å²) in [6, 6.07) is 14.0. The minimum atomic E-state index is -3.67. The Morgan fingerprint density at radius 1 is 1.12 bits per heavy atom. The number of sulfonamides is 1. The zero-order chi connectivity index (χ0) is 18.0. The smallest absolute Gasteiger partial charge is 0.261 e. The van der Waals surface area contributed by atoms with Crippen LogP contribution in [-0.2, 0) is 14.8 Å². The highest BCUT2D eigenvalue weighted by molar-refractivity contribution is 7.92. The maximum atomic E-state index is 12.7. The second-order valence-corrected chi connectivity index (χ2v) is 8.20. The van der Waals surface area contributed by atoms with Gasteiger partial charge in [-0.3, -0.25) is 4.72 Å². The number of hydrogen-bond donors (Lipinski definition) is 1. The van der Waals surface area contributed by atoms with Crippen LogP contribution in [0.1, 0.15) is 25.0 Å². The number of nitrogens with zero attached hydrogens (tertiary/aromatic N) is 1. The monoisotopic (exact) mass is 358 g/mol. The van der Waals surface area contributed by atoms with Gasteiger partial charge >= 0.3 is 0 Å².